The van der Waals surface area contributed by atoms with Gasteiger partial charge in [-0.25, -0.2) is 0 Å². The minimum absolute atomic E-state index is 0.704. The number of hydrogen-bond donors (Lipinski definition) is 2. The third-order valence-corrected chi connectivity index (χ3v) is 2.83. The summed E-state index contributed by atoms with van der Waals surface area (Å²) in [5.74, 6) is 0. The highest BCUT2D eigenvalue weighted by Crippen LogP contribution is 2.18. The molecule has 2 heteroatoms. The molecule has 0 aromatic rings. The van der Waals surface area contributed by atoms with Crippen LogP contribution in [0.25, 0.3) is 0 Å². The predicted octanol–water partition coefficient (Wildman–Crippen LogP) is 1.85. The topological polar surface area (TPSA) is 24.1 Å². The zero-order valence-electron chi connectivity index (χ0n) is 8.97. The largest absolute Gasteiger partial charge is 0.311 e. The summed E-state index contributed by atoms with van der Waals surface area (Å²) in [6.07, 6.45) is 8.99. The fourth-order valence-corrected chi connectivity index (χ4v) is 2.00. The van der Waals surface area contributed by atoms with Gasteiger partial charge in [0.05, 0.1) is 0 Å². The van der Waals surface area contributed by atoms with Crippen LogP contribution in [0, 0.1) is 0 Å². The SMILES string of the molecule is C=CCNC1CCC(NCC=C)CC1. The fourth-order valence-electron chi connectivity index (χ4n) is 2.00. The van der Waals surface area contributed by atoms with Gasteiger partial charge < -0.3 is 10.6 Å². The molecule has 0 saturated heterocycles. The second kappa shape index (κ2) is 6.80. The fraction of sp³-hybridized carbons (Fsp3) is 0.667. The van der Waals surface area contributed by atoms with Gasteiger partial charge in [-0.05, 0) is 25.7 Å². The first kappa shape index (κ1) is 11.5. The molecular formula is C12H22N2. The molecular weight excluding hydrogens is 172 g/mol. The monoisotopic (exact) mass is 194 g/mol. The first-order valence-corrected chi connectivity index (χ1v) is 5.55. The maximum Gasteiger partial charge on any atom is 0.0134 e. The minimum atomic E-state index is 0.704. The van der Waals surface area contributed by atoms with Crippen molar-refractivity contribution in [3.05, 3.63) is 25.3 Å². The van der Waals surface area contributed by atoms with Crippen molar-refractivity contribution in [2.45, 2.75) is 37.8 Å². The molecule has 1 fully saturated rings. The summed E-state index contributed by atoms with van der Waals surface area (Å²) in [5, 5.41) is 6.96. The third kappa shape index (κ3) is 4.07. The van der Waals surface area contributed by atoms with E-state index in [1.807, 2.05) is 12.2 Å². The Morgan fingerprint density at radius 3 is 1.50 bits per heavy atom. The highest BCUT2D eigenvalue weighted by molar-refractivity contribution is 4.84. The quantitative estimate of drug-likeness (QED) is 0.631. The molecule has 0 aromatic carbocycles. The molecule has 1 aliphatic carbocycles. The second-order valence-electron chi connectivity index (χ2n) is 3.94. The van der Waals surface area contributed by atoms with E-state index in [0.29, 0.717) is 12.1 Å². The Labute approximate surface area is 87.5 Å². The van der Waals surface area contributed by atoms with Gasteiger partial charge in [-0.1, -0.05) is 12.2 Å². The summed E-state index contributed by atoms with van der Waals surface area (Å²) in [5.41, 5.74) is 0. The summed E-state index contributed by atoms with van der Waals surface area (Å²) in [7, 11) is 0. The van der Waals surface area contributed by atoms with Crippen LogP contribution >= 0.6 is 0 Å². The molecule has 0 amide bonds. The highest BCUT2D eigenvalue weighted by atomic mass is 14.9. The van der Waals surface area contributed by atoms with Gasteiger partial charge in [0, 0.05) is 25.2 Å². The van der Waals surface area contributed by atoms with Crippen molar-refractivity contribution in [3.63, 3.8) is 0 Å². The first-order chi connectivity index (χ1) is 6.86. The summed E-state index contributed by atoms with van der Waals surface area (Å²) < 4.78 is 0. The third-order valence-electron chi connectivity index (χ3n) is 2.83. The van der Waals surface area contributed by atoms with Crippen LogP contribution in [-0.4, -0.2) is 25.2 Å². The highest BCUT2D eigenvalue weighted by Gasteiger charge is 2.19. The average Bonchev–Trinajstić information content (AvgIpc) is 2.25. The molecule has 2 N–H and O–H groups in total. The molecule has 0 aliphatic heterocycles. The Balaban J connectivity index is 2.10. The zero-order valence-corrected chi connectivity index (χ0v) is 8.97. The minimum Gasteiger partial charge on any atom is -0.311 e. The van der Waals surface area contributed by atoms with Crippen molar-refractivity contribution in [2.24, 2.45) is 0 Å². The van der Waals surface area contributed by atoms with Crippen molar-refractivity contribution in [2.75, 3.05) is 13.1 Å². The number of nitrogens with one attached hydrogen (secondary N) is 2. The Kier molecular flexibility index (Phi) is 5.57. The van der Waals surface area contributed by atoms with Crippen molar-refractivity contribution >= 4 is 0 Å². The molecule has 0 bridgehead atoms. The maximum atomic E-state index is 3.71. The van der Waals surface area contributed by atoms with E-state index in [9.17, 15) is 0 Å². The van der Waals surface area contributed by atoms with Gasteiger partial charge >= 0.3 is 0 Å². The van der Waals surface area contributed by atoms with Gasteiger partial charge in [-0.15, -0.1) is 13.2 Å². The van der Waals surface area contributed by atoms with Crippen LogP contribution in [-0.2, 0) is 0 Å². The zero-order chi connectivity index (χ0) is 10.2. The summed E-state index contributed by atoms with van der Waals surface area (Å²) in [4.78, 5) is 0. The molecule has 1 aliphatic rings. The standard InChI is InChI=1S/C12H22N2/c1-3-9-13-11-5-7-12(8-6-11)14-10-4-2/h3-4,11-14H,1-2,5-10H2. The van der Waals surface area contributed by atoms with E-state index < -0.39 is 0 Å². The van der Waals surface area contributed by atoms with Crippen LogP contribution in [0.4, 0.5) is 0 Å². The molecule has 0 aromatic heterocycles. The van der Waals surface area contributed by atoms with E-state index in [4.69, 9.17) is 0 Å². The molecule has 14 heavy (non-hydrogen) atoms. The normalized spacial score (nSPS) is 27.1. The van der Waals surface area contributed by atoms with Crippen LogP contribution in [0.5, 0.6) is 0 Å². The summed E-state index contributed by atoms with van der Waals surface area (Å²) in [6, 6.07) is 1.41. The molecule has 1 saturated carbocycles. The molecule has 2 nitrogen and oxygen atoms in total. The van der Waals surface area contributed by atoms with E-state index in [2.05, 4.69) is 23.8 Å². The number of hydrogen-bond acceptors (Lipinski definition) is 2. The Morgan fingerprint density at radius 2 is 1.21 bits per heavy atom. The van der Waals surface area contributed by atoms with Crippen molar-refractivity contribution in [3.8, 4) is 0 Å². The van der Waals surface area contributed by atoms with Crippen LogP contribution in [0.1, 0.15) is 25.7 Å². The molecule has 0 unspecified atom stereocenters. The van der Waals surface area contributed by atoms with Crippen molar-refractivity contribution < 1.29 is 0 Å². The predicted molar refractivity (Wildman–Crippen MR) is 62.4 cm³/mol. The Hall–Kier alpha value is -0.600. The summed E-state index contributed by atoms with van der Waals surface area (Å²) >= 11 is 0. The molecule has 0 spiro atoms. The molecule has 0 heterocycles. The Morgan fingerprint density at radius 1 is 0.857 bits per heavy atom. The van der Waals surface area contributed by atoms with Crippen molar-refractivity contribution in [1.29, 1.82) is 0 Å². The van der Waals surface area contributed by atoms with Gasteiger partial charge in [0.1, 0.15) is 0 Å². The van der Waals surface area contributed by atoms with Gasteiger partial charge in [0.2, 0.25) is 0 Å². The molecule has 0 radical (unpaired) electrons. The Bertz CT molecular complexity index is 149. The van der Waals surface area contributed by atoms with E-state index in [1.54, 1.807) is 0 Å². The lowest BCUT2D eigenvalue weighted by Crippen LogP contribution is -2.39. The van der Waals surface area contributed by atoms with Crippen LogP contribution in [0.15, 0.2) is 25.3 Å². The van der Waals surface area contributed by atoms with Crippen LogP contribution < -0.4 is 10.6 Å². The lowest BCUT2D eigenvalue weighted by Gasteiger charge is -2.29. The van der Waals surface area contributed by atoms with Gasteiger partial charge in [0.15, 0.2) is 0 Å². The first-order valence-electron chi connectivity index (χ1n) is 5.55. The second-order valence-corrected chi connectivity index (χ2v) is 3.94. The van der Waals surface area contributed by atoms with E-state index >= 15 is 0 Å². The van der Waals surface area contributed by atoms with Gasteiger partial charge in [-0.2, -0.15) is 0 Å². The maximum absolute atomic E-state index is 3.71. The van der Waals surface area contributed by atoms with E-state index in [0.717, 1.165) is 13.1 Å². The number of rotatable bonds is 6. The van der Waals surface area contributed by atoms with Crippen LogP contribution in [0.2, 0.25) is 0 Å². The average molecular weight is 194 g/mol. The summed E-state index contributed by atoms with van der Waals surface area (Å²) in [6.45, 7) is 9.31. The van der Waals surface area contributed by atoms with Crippen LogP contribution in [0.3, 0.4) is 0 Å². The lowest BCUT2D eigenvalue weighted by atomic mass is 9.91. The lowest BCUT2D eigenvalue weighted by molar-refractivity contribution is 0.319. The molecule has 1 rings (SSSR count). The van der Waals surface area contributed by atoms with Crippen molar-refractivity contribution in [1.82, 2.24) is 10.6 Å². The van der Waals surface area contributed by atoms with Gasteiger partial charge in [0.25, 0.3) is 0 Å². The molecule has 80 valence electrons. The van der Waals surface area contributed by atoms with E-state index in [-0.39, 0.29) is 0 Å². The molecule has 0 atom stereocenters. The van der Waals surface area contributed by atoms with E-state index in [1.165, 1.54) is 25.7 Å². The smallest absolute Gasteiger partial charge is 0.0134 e. The van der Waals surface area contributed by atoms with Gasteiger partial charge in [-0.3, -0.25) is 0 Å².